The van der Waals surface area contributed by atoms with Crippen molar-refractivity contribution in [3.8, 4) is 0 Å². The van der Waals surface area contributed by atoms with Crippen LogP contribution in [0.15, 0.2) is 85.5 Å². The molecule has 3 aromatic carbocycles. The number of hydrogen-bond donors (Lipinski definition) is 0. The molecule has 0 bridgehead atoms. The molecule has 1 unspecified atom stereocenters. The van der Waals surface area contributed by atoms with E-state index in [4.69, 9.17) is 11.6 Å². The zero-order valence-corrected chi connectivity index (χ0v) is 15.8. The molecule has 4 heteroatoms. The van der Waals surface area contributed by atoms with Gasteiger partial charge in [-0.15, -0.1) is 11.8 Å². The minimum Gasteiger partial charge on any atom is -0.336 e. The van der Waals surface area contributed by atoms with Gasteiger partial charge in [0.2, 0.25) is 0 Å². The van der Waals surface area contributed by atoms with E-state index in [2.05, 4.69) is 64.1 Å². The summed E-state index contributed by atoms with van der Waals surface area (Å²) in [5.41, 5.74) is 2.66. The van der Waals surface area contributed by atoms with Crippen molar-refractivity contribution in [1.29, 1.82) is 0 Å². The van der Waals surface area contributed by atoms with E-state index < -0.39 is 0 Å². The van der Waals surface area contributed by atoms with Gasteiger partial charge in [0.1, 0.15) is 0 Å². The van der Waals surface area contributed by atoms with Crippen LogP contribution in [0.2, 0.25) is 5.02 Å². The molecular formula is C22H19ClN2S. The van der Waals surface area contributed by atoms with Crippen LogP contribution in [0.1, 0.15) is 16.4 Å². The Morgan fingerprint density at radius 3 is 2.58 bits per heavy atom. The SMILES string of the molecule is Clc1ccc(CSC(Cn2ccnc2)c2cccc3ccccc23)cc1. The Bertz CT molecular complexity index is 975. The summed E-state index contributed by atoms with van der Waals surface area (Å²) in [6.45, 7) is 0.895. The van der Waals surface area contributed by atoms with E-state index in [1.54, 1.807) is 0 Å². The van der Waals surface area contributed by atoms with Crippen molar-refractivity contribution < 1.29 is 0 Å². The maximum atomic E-state index is 6.01. The fourth-order valence-corrected chi connectivity index (χ4v) is 4.51. The van der Waals surface area contributed by atoms with Crippen LogP contribution in [0.25, 0.3) is 10.8 Å². The molecule has 130 valence electrons. The minimum atomic E-state index is 0.339. The highest BCUT2D eigenvalue weighted by atomic mass is 35.5. The van der Waals surface area contributed by atoms with E-state index in [9.17, 15) is 0 Å². The summed E-state index contributed by atoms with van der Waals surface area (Å²) in [6.07, 6.45) is 5.76. The Kier molecular flexibility index (Phi) is 5.28. The van der Waals surface area contributed by atoms with Gasteiger partial charge >= 0.3 is 0 Å². The molecule has 0 aliphatic rings. The van der Waals surface area contributed by atoms with Crippen molar-refractivity contribution in [3.63, 3.8) is 0 Å². The first kappa shape index (κ1) is 17.2. The van der Waals surface area contributed by atoms with E-state index >= 15 is 0 Å². The number of halogens is 1. The molecule has 0 radical (unpaired) electrons. The van der Waals surface area contributed by atoms with Crippen LogP contribution in [0.4, 0.5) is 0 Å². The van der Waals surface area contributed by atoms with Gasteiger partial charge in [-0.05, 0) is 34.0 Å². The fourth-order valence-electron chi connectivity index (χ4n) is 3.14. The summed E-state index contributed by atoms with van der Waals surface area (Å²) < 4.78 is 2.15. The van der Waals surface area contributed by atoms with E-state index in [0.29, 0.717) is 5.25 Å². The molecule has 0 fully saturated rings. The molecule has 1 atom stereocenters. The standard InChI is InChI=1S/C22H19ClN2S/c23-19-10-8-17(9-11-19)15-26-22(14-25-13-12-24-16-25)21-7-3-5-18-4-1-2-6-20(18)21/h1-13,16,22H,14-15H2. The number of aromatic nitrogens is 2. The van der Waals surface area contributed by atoms with Crippen LogP contribution in [-0.2, 0) is 12.3 Å². The number of hydrogen-bond acceptors (Lipinski definition) is 2. The summed E-state index contributed by atoms with van der Waals surface area (Å²) in [6, 6.07) is 23.3. The van der Waals surface area contributed by atoms with Crippen LogP contribution in [0.5, 0.6) is 0 Å². The quantitative estimate of drug-likeness (QED) is 0.388. The van der Waals surface area contributed by atoms with Gasteiger partial charge in [-0.3, -0.25) is 0 Å². The number of thioether (sulfide) groups is 1. The second kappa shape index (κ2) is 7.98. The van der Waals surface area contributed by atoms with Gasteiger partial charge in [0.05, 0.1) is 6.33 Å². The second-order valence-electron chi connectivity index (χ2n) is 6.25. The Hall–Kier alpha value is -2.23. The number of fused-ring (bicyclic) bond motifs is 1. The molecule has 0 saturated heterocycles. The van der Waals surface area contributed by atoms with Crippen molar-refractivity contribution >= 4 is 34.1 Å². The average molecular weight is 379 g/mol. The van der Waals surface area contributed by atoms with Gasteiger partial charge < -0.3 is 4.57 Å². The van der Waals surface area contributed by atoms with Gasteiger partial charge in [0, 0.05) is 35.0 Å². The highest BCUT2D eigenvalue weighted by molar-refractivity contribution is 7.98. The molecule has 4 aromatic rings. The van der Waals surface area contributed by atoms with E-state index in [1.165, 1.54) is 21.9 Å². The highest BCUT2D eigenvalue weighted by Crippen LogP contribution is 2.37. The summed E-state index contributed by atoms with van der Waals surface area (Å²) in [4.78, 5) is 4.20. The van der Waals surface area contributed by atoms with Gasteiger partial charge in [0.25, 0.3) is 0 Å². The minimum absolute atomic E-state index is 0.339. The molecule has 2 nitrogen and oxygen atoms in total. The van der Waals surface area contributed by atoms with E-state index in [0.717, 1.165) is 17.3 Å². The van der Waals surface area contributed by atoms with Crippen LogP contribution < -0.4 is 0 Å². The normalized spacial score (nSPS) is 12.3. The summed E-state index contributed by atoms with van der Waals surface area (Å²) in [5.74, 6) is 0.944. The lowest BCUT2D eigenvalue weighted by Gasteiger charge is -2.20. The molecule has 4 rings (SSSR count). The van der Waals surface area contributed by atoms with Crippen LogP contribution >= 0.6 is 23.4 Å². The summed E-state index contributed by atoms with van der Waals surface area (Å²) in [7, 11) is 0. The Labute approximate surface area is 162 Å². The first-order valence-corrected chi connectivity index (χ1v) is 10.0. The number of benzene rings is 3. The fraction of sp³-hybridized carbons (Fsp3) is 0.136. The van der Waals surface area contributed by atoms with Crippen LogP contribution in [-0.4, -0.2) is 9.55 Å². The molecule has 1 heterocycles. The summed E-state index contributed by atoms with van der Waals surface area (Å²) >= 11 is 7.97. The van der Waals surface area contributed by atoms with Gasteiger partial charge in [-0.1, -0.05) is 66.2 Å². The smallest absolute Gasteiger partial charge is 0.0946 e. The highest BCUT2D eigenvalue weighted by Gasteiger charge is 2.16. The first-order valence-electron chi connectivity index (χ1n) is 8.59. The van der Waals surface area contributed by atoms with Gasteiger partial charge in [-0.25, -0.2) is 4.98 Å². The van der Waals surface area contributed by atoms with E-state index in [1.807, 2.05) is 42.6 Å². The summed E-state index contributed by atoms with van der Waals surface area (Å²) in [5, 5.41) is 3.73. The second-order valence-corrected chi connectivity index (χ2v) is 7.88. The maximum Gasteiger partial charge on any atom is 0.0946 e. The molecule has 1 aromatic heterocycles. The Balaban J connectivity index is 1.64. The maximum absolute atomic E-state index is 6.01. The van der Waals surface area contributed by atoms with Gasteiger partial charge in [-0.2, -0.15) is 0 Å². The molecule has 26 heavy (non-hydrogen) atoms. The lowest BCUT2D eigenvalue weighted by Crippen LogP contribution is -2.06. The van der Waals surface area contributed by atoms with Gasteiger partial charge in [0.15, 0.2) is 0 Å². The van der Waals surface area contributed by atoms with E-state index in [-0.39, 0.29) is 0 Å². The molecule has 0 aliphatic heterocycles. The molecular weight excluding hydrogens is 360 g/mol. The number of rotatable bonds is 6. The van der Waals surface area contributed by atoms with Crippen molar-refractivity contribution in [2.75, 3.05) is 0 Å². The Morgan fingerprint density at radius 2 is 1.77 bits per heavy atom. The number of imidazole rings is 1. The number of nitrogens with zero attached hydrogens (tertiary/aromatic N) is 2. The zero-order valence-electron chi connectivity index (χ0n) is 14.3. The van der Waals surface area contributed by atoms with Crippen molar-refractivity contribution in [1.82, 2.24) is 9.55 Å². The van der Waals surface area contributed by atoms with Crippen LogP contribution in [0, 0.1) is 0 Å². The monoisotopic (exact) mass is 378 g/mol. The third-order valence-electron chi connectivity index (χ3n) is 4.47. The van der Waals surface area contributed by atoms with Crippen molar-refractivity contribution in [2.45, 2.75) is 17.5 Å². The third-order valence-corrected chi connectivity index (χ3v) is 6.03. The lowest BCUT2D eigenvalue weighted by atomic mass is 10.0. The zero-order chi connectivity index (χ0) is 17.8. The molecule has 0 amide bonds. The predicted octanol–water partition coefficient (Wildman–Crippen LogP) is 6.36. The first-order chi connectivity index (χ1) is 12.8. The topological polar surface area (TPSA) is 17.8 Å². The van der Waals surface area contributed by atoms with Crippen molar-refractivity contribution in [2.24, 2.45) is 0 Å². The Morgan fingerprint density at radius 1 is 0.962 bits per heavy atom. The average Bonchev–Trinajstić information content (AvgIpc) is 3.19. The molecule has 0 saturated carbocycles. The lowest BCUT2D eigenvalue weighted by molar-refractivity contribution is 0.686. The molecule has 0 spiro atoms. The molecule has 0 N–H and O–H groups in total. The predicted molar refractivity (Wildman–Crippen MR) is 112 cm³/mol. The molecule has 0 aliphatic carbocycles. The third kappa shape index (κ3) is 3.95. The largest absolute Gasteiger partial charge is 0.336 e. The van der Waals surface area contributed by atoms with Crippen LogP contribution in [0.3, 0.4) is 0 Å². The van der Waals surface area contributed by atoms with Crippen molar-refractivity contribution in [3.05, 3.63) is 102 Å².